The molecule has 1 unspecified atom stereocenters. The van der Waals surface area contributed by atoms with Crippen LogP contribution in [-0.2, 0) is 4.74 Å². The number of ether oxygens (including phenoxy) is 1. The first-order chi connectivity index (χ1) is 5.64. The van der Waals surface area contributed by atoms with Crippen LogP contribution in [0.15, 0.2) is 0 Å². The molecule has 1 aliphatic heterocycles. The fourth-order valence-electron chi connectivity index (χ4n) is 1.52. The smallest absolute Gasteiger partial charge is 0.117 e. The topological polar surface area (TPSA) is 21.3 Å². The van der Waals surface area contributed by atoms with Crippen LogP contribution >= 0.6 is 12.2 Å². The van der Waals surface area contributed by atoms with Gasteiger partial charge >= 0.3 is 0 Å². The van der Waals surface area contributed by atoms with Crippen LogP contribution in [0.2, 0.25) is 0 Å². The molecule has 1 rings (SSSR count). The Morgan fingerprint density at radius 3 is 2.58 bits per heavy atom. The van der Waals surface area contributed by atoms with Crippen molar-refractivity contribution in [2.45, 2.75) is 45.3 Å². The Kier molecular flexibility index (Phi) is 3.07. The zero-order chi connectivity index (χ0) is 9.19. The maximum atomic E-state index is 5.78. The van der Waals surface area contributed by atoms with Gasteiger partial charge in [-0.15, -0.1) is 0 Å². The largest absolute Gasteiger partial charge is 0.372 e. The second-order valence-electron chi connectivity index (χ2n) is 3.39. The van der Waals surface area contributed by atoms with Crippen molar-refractivity contribution in [2.24, 2.45) is 0 Å². The number of hydrogen-bond donors (Lipinski definition) is 1. The van der Waals surface area contributed by atoms with E-state index in [-0.39, 0.29) is 5.60 Å². The average Bonchev–Trinajstić information content (AvgIpc) is 2.06. The molecule has 1 fully saturated rings. The van der Waals surface area contributed by atoms with Crippen molar-refractivity contribution < 1.29 is 4.74 Å². The van der Waals surface area contributed by atoms with Gasteiger partial charge in [-0.1, -0.05) is 26.1 Å². The molecule has 0 spiro atoms. The molecular formula is C9H17NOS. The predicted molar refractivity (Wildman–Crippen MR) is 54.5 cm³/mol. The molecular weight excluding hydrogens is 170 g/mol. The van der Waals surface area contributed by atoms with Gasteiger partial charge in [0.25, 0.3) is 0 Å². The van der Waals surface area contributed by atoms with Crippen LogP contribution in [0.25, 0.3) is 0 Å². The highest BCUT2D eigenvalue weighted by Crippen LogP contribution is 2.25. The first kappa shape index (κ1) is 9.93. The van der Waals surface area contributed by atoms with Gasteiger partial charge in [0.1, 0.15) is 10.6 Å². The van der Waals surface area contributed by atoms with Gasteiger partial charge in [-0.25, -0.2) is 0 Å². The Labute approximate surface area is 79.7 Å². The number of morpholine rings is 1. The summed E-state index contributed by atoms with van der Waals surface area (Å²) in [6.45, 7) is 7.09. The Bertz CT molecular complexity index is 177. The Morgan fingerprint density at radius 1 is 1.58 bits per heavy atom. The van der Waals surface area contributed by atoms with Crippen molar-refractivity contribution in [1.82, 2.24) is 5.32 Å². The molecule has 1 N–H and O–H groups in total. The van der Waals surface area contributed by atoms with Gasteiger partial charge in [-0.05, 0) is 19.8 Å². The SMILES string of the molecule is CCC1(CC)OCC(C)NC1=S. The van der Waals surface area contributed by atoms with Crippen molar-refractivity contribution in [3.63, 3.8) is 0 Å². The summed E-state index contributed by atoms with van der Waals surface area (Å²) in [5.74, 6) is 0. The lowest BCUT2D eigenvalue weighted by Gasteiger charge is -2.39. The van der Waals surface area contributed by atoms with E-state index in [2.05, 4.69) is 26.1 Å². The van der Waals surface area contributed by atoms with E-state index in [0.717, 1.165) is 24.4 Å². The number of thiocarbonyl (C=S) groups is 1. The van der Waals surface area contributed by atoms with Crippen LogP contribution in [0.4, 0.5) is 0 Å². The first-order valence-corrected chi connectivity index (χ1v) is 5.00. The number of nitrogens with one attached hydrogen (secondary N) is 1. The van der Waals surface area contributed by atoms with Crippen LogP contribution in [0, 0.1) is 0 Å². The van der Waals surface area contributed by atoms with Crippen molar-refractivity contribution >= 4 is 17.2 Å². The van der Waals surface area contributed by atoms with E-state index in [9.17, 15) is 0 Å². The van der Waals surface area contributed by atoms with Crippen LogP contribution in [0.5, 0.6) is 0 Å². The summed E-state index contributed by atoms with van der Waals surface area (Å²) in [6, 6.07) is 0.365. The predicted octanol–water partition coefficient (Wildman–Crippen LogP) is 1.88. The summed E-state index contributed by atoms with van der Waals surface area (Å²) < 4.78 is 5.78. The van der Waals surface area contributed by atoms with E-state index in [4.69, 9.17) is 17.0 Å². The average molecular weight is 187 g/mol. The van der Waals surface area contributed by atoms with Gasteiger partial charge in [0.05, 0.1) is 6.61 Å². The van der Waals surface area contributed by atoms with Gasteiger partial charge in [-0.2, -0.15) is 0 Å². The zero-order valence-corrected chi connectivity index (χ0v) is 8.83. The maximum absolute atomic E-state index is 5.78. The highest BCUT2D eigenvalue weighted by Gasteiger charge is 2.36. The molecule has 0 bridgehead atoms. The van der Waals surface area contributed by atoms with Gasteiger partial charge < -0.3 is 10.1 Å². The van der Waals surface area contributed by atoms with Crippen molar-refractivity contribution in [1.29, 1.82) is 0 Å². The first-order valence-electron chi connectivity index (χ1n) is 4.59. The third kappa shape index (κ3) is 1.62. The molecule has 1 aliphatic rings. The van der Waals surface area contributed by atoms with E-state index < -0.39 is 0 Å². The lowest BCUT2D eigenvalue weighted by atomic mass is 9.95. The zero-order valence-electron chi connectivity index (χ0n) is 8.02. The molecule has 3 heteroatoms. The fraction of sp³-hybridized carbons (Fsp3) is 0.889. The van der Waals surface area contributed by atoms with Crippen molar-refractivity contribution in [3.8, 4) is 0 Å². The maximum Gasteiger partial charge on any atom is 0.117 e. The minimum atomic E-state index is -0.179. The van der Waals surface area contributed by atoms with Crippen LogP contribution in [0.1, 0.15) is 33.6 Å². The molecule has 0 aromatic carbocycles. The molecule has 12 heavy (non-hydrogen) atoms. The van der Waals surface area contributed by atoms with Gasteiger partial charge in [0, 0.05) is 6.04 Å². The lowest BCUT2D eigenvalue weighted by Crippen LogP contribution is -2.56. The van der Waals surface area contributed by atoms with E-state index >= 15 is 0 Å². The van der Waals surface area contributed by atoms with Crippen molar-refractivity contribution in [2.75, 3.05) is 6.61 Å². The minimum absolute atomic E-state index is 0.179. The molecule has 0 aliphatic carbocycles. The highest BCUT2D eigenvalue weighted by molar-refractivity contribution is 7.80. The molecule has 0 amide bonds. The van der Waals surface area contributed by atoms with Gasteiger partial charge in [-0.3, -0.25) is 0 Å². The number of hydrogen-bond acceptors (Lipinski definition) is 2. The molecule has 0 aromatic heterocycles. The molecule has 70 valence electrons. The van der Waals surface area contributed by atoms with Crippen LogP contribution < -0.4 is 5.32 Å². The second-order valence-corrected chi connectivity index (χ2v) is 3.80. The summed E-state index contributed by atoms with van der Waals surface area (Å²) in [5.41, 5.74) is -0.179. The van der Waals surface area contributed by atoms with E-state index in [0.29, 0.717) is 6.04 Å². The molecule has 1 saturated heterocycles. The summed E-state index contributed by atoms with van der Waals surface area (Å²) in [7, 11) is 0. The van der Waals surface area contributed by atoms with Crippen molar-refractivity contribution in [3.05, 3.63) is 0 Å². The third-order valence-corrected chi connectivity index (χ3v) is 3.03. The quantitative estimate of drug-likeness (QED) is 0.667. The lowest BCUT2D eigenvalue weighted by molar-refractivity contribution is -0.0221. The summed E-state index contributed by atoms with van der Waals surface area (Å²) >= 11 is 5.28. The molecule has 0 aromatic rings. The summed E-state index contributed by atoms with van der Waals surface area (Å²) in [5, 5.41) is 3.28. The Balaban J connectivity index is 2.71. The van der Waals surface area contributed by atoms with Crippen LogP contribution in [0.3, 0.4) is 0 Å². The highest BCUT2D eigenvalue weighted by atomic mass is 32.1. The normalized spacial score (nSPS) is 28.2. The van der Waals surface area contributed by atoms with E-state index in [1.807, 2.05) is 0 Å². The molecule has 2 nitrogen and oxygen atoms in total. The molecule has 0 radical (unpaired) electrons. The monoisotopic (exact) mass is 187 g/mol. The summed E-state index contributed by atoms with van der Waals surface area (Å²) in [4.78, 5) is 0.881. The third-order valence-electron chi connectivity index (χ3n) is 2.54. The minimum Gasteiger partial charge on any atom is -0.372 e. The van der Waals surface area contributed by atoms with E-state index in [1.54, 1.807) is 0 Å². The molecule has 0 saturated carbocycles. The molecule has 1 atom stereocenters. The summed E-state index contributed by atoms with van der Waals surface area (Å²) in [6.07, 6.45) is 1.92. The second kappa shape index (κ2) is 3.71. The molecule has 1 heterocycles. The van der Waals surface area contributed by atoms with Crippen LogP contribution in [-0.4, -0.2) is 23.2 Å². The van der Waals surface area contributed by atoms with E-state index in [1.165, 1.54) is 0 Å². The Hall–Kier alpha value is -0.150. The number of rotatable bonds is 2. The fourth-order valence-corrected chi connectivity index (χ4v) is 2.07. The van der Waals surface area contributed by atoms with Gasteiger partial charge in [0.2, 0.25) is 0 Å². The standard InChI is InChI=1S/C9H17NOS/c1-4-9(5-2)8(12)10-7(3)6-11-9/h7H,4-6H2,1-3H3,(H,10,12). The Morgan fingerprint density at radius 2 is 2.17 bits per heavy atom. The van der Waals surface area contributed by atoms with Gasteiger partial charge in [0.15, 0.2) is 0 Å².